The van der Waals surface area contributed by atoms with Crippen molar-refractivity contribution in [2.24, 2.45) is 0 Å². The van der Waals surface area contributed by atoms with Crippen LogP contribution in [0.5, 0.6) is 0 Å². The Bertz CT molecular complexity index is 766. The summed E-state index contributed by atoms with van der Waals surface area (Å²) in [4.78, 5) is 17.0. The van der Waals surface area contributed by atoms with Crippen molar-refractivity contribution in [1.82, 2.24) is 10.2 Å². The van der Waals surface area contributed by atoms with Crippen LogP contribution in [0.15, 0.2) is 48.5 Å². The molecule has 1 N–H and O–H groups in total. The van der Waals surface area contributed by atoms with Gasteiger partial charge in [-0.2, -0.15) is 0 Å². The van der Waals surface area contributed by atoms with Crippen LogP contribution in [0.25, 0.3) is 0 Å². The fourth-order valence-electron chi connectivity index (χ4n) is 3.68. The average Bonchev–Trinajstić information content (AvgIpc) is 2.75. The van der Waals surface area contributed by atoms with E-state index in [1.807, 2.05) is 0 Å². The van der Waals surface area contributed by atoms with Crippen LogP contribution in [0.3, 0.4) is 0 Å². The molecule has 2 aromatic carbocycles. The highest BCUT2D eigenvalue weighted by atomic mass is 16.5. The van der Waals surface area contributed by atoms with Gasteiger partial charge in [-0.1, -0.05) is 43.3 Å². The number of benzene rings is 2. The van der Waals surface area contributed by atoms with Gasteiger partial charge in [0.1, 0.15) is 0 Å². The van der Waals surface area contributed by atoms with Gasteiger partial charge in [0.25, 0.3) is 0 Å². The summed E-state index contributed by atoms with van der Waals surface area (Å²) in [5, 5.41) is 3.11. The monoisotopic (exact) mass is 395 g/mol. The molecule has 0 spiro atoms. The van der Waals surface area contributed by atoms with Crippen molar-refractivity contribution >= 4 is 11.6 Å². The number of nitrogens with one attached hydrogen (secondary N) is 1. The molecular formula is C24H33N3O2. The first kappa shape index (κ1) is 21.3. The Morgan fingerprint density at radius 3 is 2.24 bits per heavy atom. The Kier molecular flexibility index (Phi) is 7.67. The molecule has 2 aromatic rings. The van der Waals surface area contributed by atoms with E-state index in [0.717, 1.165) is 38.3 Å². The number of carbonyl (C=O) groups excluding carboxylic acids is 1. The van der Waals surface area contributed by atoms with Crippen molar-refractivity contribution < 1.29 is 9.53 Å². The van der Waals surface area contributed by atoms with Crippen LogP contribution in [0, 0.1) is 0 Å². The Balaban J connectivity index is 1.53. The van der Waals surface area contributed by atoms with Crippen LogP contribution in [-0.2, 0) is 22.4 Å². The van der Waals surface area contributed by atoms with E-state index in [-0.39, 0.29) is 11.9 Å². The van der Waals surface area contributed by atoms with Crippen LogP contribution in [0.1, 0.15) is 29.7 Å². The molecule has 5 nitrogen and oxygen atoms in total. The standard InChI is InChI=1S/C24H33N3O2/c1-4-19-5-9-21(10-6-19)23(26(2)3)18-25-24(28)17-20-7-11-22(12-8-20)27-13-15-29-16-14-27/h5-12,23H,4,13-18H2,1-3H3,(H,25,28). The summed E-state index contributed by atoms with van der Waals surface area (Å²) in [6.07, 6.45) is 1.44. The average molecular weight is 396 g/mol. The highest BCUT2D eigenvalue weighted by molar-refractivity contribution is 5.78. The smallest absolute Gasteiger partial charge is 0.224 e. The van der Waals surface area contributed by atoms with E-state index in [2.05, 4.69) is 84.7 Å². The van der Waals surface area contributed by atoms with Gasteiger partial charge in [-0.05, 0) is 49.3 Å². The van der Waals surface area contributed by atoms with E-state index in [1.54, 1.807) is 0 Å². The van der Waals surface area contributed by atoms with Crippen molar-refractivity contribution in [1.29, 1.82) is 0 Å². The fourth-order valence-corrected chi connectivity index (χ4v) is 3.68. The number of likely N-dealkylation sites (N-methyl/N-ethyl adjacent to an activating group) is 1. The zero-order valence-corrected chi connectivity index (χ0v) is 17.9. The number of amides is 1. The van der Waals surface area contributed by atoms with Gasteiger partial charge in [-0.3, -0.25) is 4.79 Å². The van der Waals surface area contributed by atoms with Crippen LogP contribution in [-0.4, -0.2) is 57.8 Å². The van der Waals surface area contributed by atoms with Gasteiger partial charge in [0.2, 0.25) is 5.91 Å². The molecule has 0 aliphatic carbocycles. The van der Waals surface area contributed by atoms with Crippen LogP contribution < -0.4 is 10.2 Å². The molecule has 0 saturated carbocycles. The number of hydrogen-bond acceptors (Lipinski definition) is 4. The second kappa shape index (κ2) is 10.4. The fraction of sp³-hybridized carbons (Fsp3) is 0.458. The van der Waals surface area contributed by atoms with Crippen molar-refractivity contribution in [3.63, 3.8) is 0 Å². The molecule has 1 heterocycles. The number of nitrogens with zero attached hydrogens (tertiary/aromatic N) is 2. The normalized spacial score (nSPS) is 15.4. The molecule has 1 aliphatic heterocycles. The topological polar surface area (TPSA) is 44.8 Å². The highest BCUT2D eigenvalue weighted by Crippen LogP contribution is 2.19. The SMILES string of the molecule is CCc1ccc(C(CNC(=O)Cc2ccc(N3CCOCC3)cc2)N(C)C)cc1. The summed E-state index contributed by atoms with van der Waals surface area (Å²) >= 11 is 0. The molecule has 1 saturated heterocycles. The van der Waals surface area contributed by atoms with Gasteiger partial charge in [-0.15, -0.1) is 0 Å². The third kappa shape index (κ3) is 6.05. The molecule has 0 radical (unpaired) electrons. The van der Waals surface area contributed by atoms with Crippen LogP contribution in [0.4, 0.5) is 5.69 Å². The molecule has 5 heteroatoms. The lowest BCUT2D eigenvalue weighted by Gasteiger charge is -2.29. The van der Waals surface area contributed by atoms with Crippen molar-refractivity contribution in [3.05, 3.63) is 65.2 Å². The maximum Gasteiger partial charge on any atom is 0.224 e. The third-order valence-electron chi connectivity index (χ3n) is 5.57. The molecule has 1 amide bonds. The van der Waals surface area contributed by atoms with Gasteiger partial charge < -0.3 is 19.9 Å². The summed E-state index contributed by atoms with van der Waals surface area (Å²) in [7, 11) is 4.10. The number of aryl methyl sites for hydroxylation is 1. The lowest BCUT2D eigenvalue weighted by Crippen LogP contribution is -2.36. The van der Waals surface area contributed by atoms with Gasteiger partial charge in [0.15, 0.2) is 0 Å². The van der Waals surface area contributed by atoms with E-state index in [0.29, 0.717) is 13.0 Å². The summed E-state index contributed by atoms with van der Waals surface area (Å²) in [6, 6.07) is 17.1. The first-order valence-corrected chi connectivity index (χ1v) is 10.5. The lowest BCUT2D eigenvalue weighted by atomic mass is 10.0. The molecular weight excluding hydrogens is 362 g/mol. The largest absolute Gasteiger partial charge is 0.378 e. The predicted molar refractivity (Wildman–Crippen MR) is 118 cm³/mol. The quantitative estimate of drug-likeness (QED) is 0.746. The highest BCUT2D eigenvalue weighted by Gasteiger charge is 2.16. The van der Waals surface area contributed by atoms with Gasteiger partial charge in [0.05, 0.1) is 25.7 Å². The molecule has 1 unspecified atom stereocenters. The summed E-state index contributed by atoms with van der Waals surface area (Å²) in [5.41, 5.74) is 4.78. The van der Waals surface area contributed by atoms with E-state index < -0.39 is 0 Å². The minimum atomic E-state index is 0.0566. The number of morpholine rings is 1. The Morgan fingerprint density at radius 1 is 1.03 bits per heavy atom. The minimum Gasteiger partial charge on any atom is -0.378 e. The van der Waals surface area contributed by atoms with Crippen LogP contribution in [0.2, 0.25) is 0 Å². The summed E-state index contributed by atoms with van der Waals surface area (Å²) in [6.45, 7) is 6.15. The van der Waals surface area contributed by atoms with Crippen molar-refractivity contribution in [3.8, 4) is 0 Å². The number of hydrogen-bond donors (Lipinski definition) is 1. The maximum atomic E-state index is 12.5. The van der Waals surface area contributed by atoms with Crippen molar-refractivity contribution in [2.75, 3.05) is 51.8 Å². The first-order valence-electron chi connectivity index (χ1n) is 10.5. The first-order chi connectivity index (χ1) is 14.1. The molecule has 1 aliphatic rings. The number of anilines is 1. The minimum absolute atomic E-state index is 0.0566. The van der Waals surface area contributed by atoms with Crippen molar-refractivity contribution in [2.45, 2.75) is 25.8 Å². The third-order valence-corrected chi connectivity index (χ3v) is 5.57. The molecule has 0 aromatic heterocycles. The number of rotatable bonds is 8. The van der Waals surface area contributed by atoms with E-state index >= 15 is 0 Å². The Labute approximate surface area is 174 Å². The van der Waals surface area contributed by atoms with Gasteiger partial charge in [0, 0.05) is 25.3 Å². The van der Waals surface area contributed by atoms with Crippen LogP contribution >= 0.6 is 0 Å². The maximum absolute atomic E-state index is 12.5. The number of ether oxygens (including phenoxy) is 1. The molecule has 1 atom stereocenters. The summed E-state index contributed by atoms with van der Waals surface area (Å²) < 4.78 is 5.41. The Morgan fingerprint density at radius 2 is 1.66 bits per heavy atom. The van der Waals surface area contributed by atoms with Gasteiger partial charge >= 0.3 is 0 Å². The molecule has 1 fully saturated rings. The second-order valence-electron chi connectivity index (χ2n) is 7.82. The predicted octanol–water partition coefficient (Wildman–Crippen LogP) is 3.05. The zero-order chi connectivity index (χ0) is 20.6. The number of carbonyl (C=O) groups is 1. The van der Waals surface area contributed by atoms with Gasteiger partial charge in [-0.25, -0.2) is 0 Å². The molecule has 0 bridgehead atoms. The van der Waals surface area contributed by atoms with E-state index in [4.69, 9.17) is 4.74 Å². The molecule has 156 valence electrons. The molecule has 3 rings (SSSR count). The summed E-state index contributed by atoms with van der Waals surface area (Å²) in [5.74, 6) is 0.0566. The van der Waals surface area contributed by atoms with E-state index in [1.165, 1.54) is 16.8 Å². The Hall–Kier alpha value is -2.37. The second-order valence-corrected chi connectivity index (χ2v) is 7.82. The lowest BCUT2D eigenvalue weighted by molar-refractivity contribution is -0.120. The zero-order valence-electron chi connectivity index (χ0n) is 17.9. The molecule has 29 heavy (non-hydrogen) atoms. The van der Waals surface area contributed by atoms with E-state index in [9.17, 15) is 4.79 Å².